The van der Waals surface area contributed by atoms with Crippen LogP contribution in [0.1, 0.15) is 16.1 Å². The molecule has 0 saturated carbocycles. The largest absolute Gasteiger partial charge is 0.290 e. The number of benzene rings is 1. The number of aromatic nitrogens is 2. The molecule has 0 spiro atoms. The number of nitrogen functional groups attached to an aromatic ring is 1. The van der Waals surface area contributed by atoms with Crippen LogP contribution in [0.15, 0.2) is 30.5 Å². The molecule has 1 aromatic heterocycles. The van der Waals surface area contributed by atoms with Crippen LogP contribution in [0.4, 0.5) is 0 Å². The van der Waals surface area contributed by atoms with Crippen LogP contribution in [0.5, 0.6) is 0 Å². The third-order valence-corrected chi connectivity index (χ3v) is 2.67. The van der Waals surface area contributed by atoms with Gasteiger partial charge in [-0.25, -0.2) is 15.8 Å². The smallest absolute Gasteiger partial charge is 0.268 e. The van der Waals surface area contributed by atoms with Crippen LogP contribution in [0.2, 0.25) is 5.02 Å². The summed E-state index contributed by atoms with van der Waals surface area (Å²) in [5, 5.41) is 0.609. The average Bonchev–Trinajstić information content (AvgIpc) is 2.37. The number of hydrogen-bond donors (Lipinski definition) is 2. The molecule has 0 saturated heterocycles. The van der Waals surface area contributed by atoms with Gasteiger partial charge in [-0.1, -0.05) is 23.7 Å². The Balaban J connectivity index is 2.43. The van der Waals surface area contributed by atoms with Gasteiger partial charge in [0.05, 0.1) is 11.3 Å². The van der Waals surface area contributed by atoms with Crippen molar-refractivity contribution in [3.63, 3.8) is 0 Å². The second-order valence-corrected chi connectivity index (χ2v) is 4.11. The SMILES string of the molecule is Cc1nc(-c2cccc(Cl)c2)ncc1C(=O)NN. The molecular weight excluding hydrogens is 252 g/mol. The molecule has 1 amide bonds. The van der Waals surface area contributed by atoms with Gasteiger partial charge < -0.3 is 0 Å². The van der Waals surface area contributed by atoms with Crippen LogP contribution in [0.3, 0.4) is 0 Å². The van der Waals surface area contributed by atoms with Crippen molar-refractivity contribution in [1.82, 2.24) is 15.4 Å². The van der Waals surface area contributed by atoms with Crippen LogP contribution in [-0.2, 0) is 0 Å². The predicted octanol–water partition coefficient (Wildman–Crippen LogP) is 1.71. The van der Waals surface area contributed by atoms with Crippen molar-refractivity contribution in [3.8, 4) is 11.4 Å². The highest BCUT2D eigenvalue weighted by atomic mass is 35.5. The van der Waals surface area contributed by atoms with Crippen LogP contribution in [0, 0.1) is 6.92 Å². The minimum atomic E-state index is -0.412. The van der Waals surface area contributed by atoms with Gasteiger partial charge in [0.1, 0.15) is 0 Å². The zero-order chi connectivity index (χ0) is 13.1. The number of carbonyl (C=O) groups excluding carboxylic acids is 1. The molecule has 0 aliphatic rings. The molecule has 18 heavy (non-hydrogen) atoms. The van der Waals surface area contributed by atoms with E-state index >= 15 is 0 Å². The van der Waals surface area contributed by atoms with E-state index in [1.54, 1.807) is 19.1 Å². The van der Waals surface area contributed by atoms with E-state index in [4.69, 9.17) is 17.4 Å². The highest BCUT2D eigenvalue weighted by Crippen LogP contribution is 2.20. The molecule has 1 aromatic carbocycles. The molecule has 0 aliphatic carbocycles. The van der Waals surface area contributed by atoms with Gasteiger partial charge >= 0.3 is 0 Å². The Bertz CT molecular complexity index is 600. The number of rotatable bonds is 2. The van der Waals surface area contributed by atoms with Gasteiger partial charge in [-0.05, 0) is 19.1 Å². The van der Waals surface area contributed by atoms with Crippen LogP contribution in [-0.4, -0.2) is 15.9 Å². The quantitative estimate of drug-likeness (QED) is 0.490. The zero-order valence-electron chi connectivity index (χ0n) is 9.64. The summed E-state index contributed by atoms with van der Waals surface area (Å²) in [4.78, 5) is 19.8. The van der Waals surface area contributed by atoms with Gasteiger partial charge in [0.25, 0.3) is 5.91 Å². The standard InChI is InChI=1S/C12H11ClN4O/c1-7-10(12(18)17-14)6-15-11(16-7)8-3-2-4-9(13)5-8/h2-6H,14H2,1H3,(H,17,18). The maximum atomic E-state index is 11.4. The maximum Gasteiger partial charge on any atom is 0.268 e. The Morgan fingerprint density at radius 2 is 2.22 bits per heavy atom. The Morgan fingerprint density at radius 1 is 1.44 bits per heavy atom. The Labute approximate surface area is 109 Å². The molecule has 3 N–H and O–H groups in total. The van der Waals surface area contributed by atoms with Gasteiger partial charge in [0.15, 0.2) is 5.82 Å². The van der Waals surface area contributed by atoms with Crippen molar-refractivity contribution in [2.75, 3.05) is 0 Å². The molecule has 1 heterocycles. The lowest BCUT2D eigenvalue weighted by atomic mass is 10.2. The predicted molar refractivity (Wildman–Crippen MR) is 68.9 cm³/mol. The molecule has 0 unspecified atom stereocenters. The third-order valence-electron chi connectivity index (χ3n) is 2.44. The summed E-state index contributed by atoms with van der Waals surface area (Å²) in [5.41, 5.74) is 3.76. The number of amides is 1. The molecule has 2 aromatic rings. The van der Waals surface area contributed by atoms with Gasteiger partial charge in [-0.15, -0.1) is 0 Å². The van der Waals surface area contributed by atoms with E-state index in [1.165, 1.54) is 6.20 Å². The van der Waals surface area contributed by atoms with Gasteiger partial charge in [-0.2, -0.15) is 0 Å². The van der Waals surface area contributed by atoms with Gasteiger partial charge in [0, 0.05) is 16.8 Å². The second-order valence-electron chi connectivity index (χ2n) is 3.68. The van der Waals surface area contributed by atoms with Gasteiger partial charge in [0.2, 0.25) is 0 Å². The Hall–Kier alpha value is -1.98. The molecule has 0 bridgehead atoms. The highest BCUT2D eigenvalue weighted by Gasteiger charge is 2.11. The van der Waals surface area contributed by atoms with Crippen LogP contribution in [0.25, 0.3) is 11.4 Å². The first-order valence-electron chi connectivity index (χ1n) is 5.22. The number of nitrogens with two attached hydrogens (primary N) is 1. The molecule has 0 aliphatic heterocycles. The minimum Gasteiger partial charge on any atom is -0.290 e. The van der Waals surface area contributed by atoms with Crippen molar-refractivity contribution in [3.05, 3.63) is 46.7 Å². The lowest BCUT2D eigenvalue weighted by Gasteiger charge is -2.06. The number of hydrogen-bond acceptors (Lipinski definition) is 4. The number of hydrazine groups is 1. The average molecular weight is 263 g/mol. The van der Waals surface area contributed by atoms with E-state index in [-0.39, 0.29) is 0 Å². The number of nitrogens with zero attached hydrogens (tertiary/aromatic N) is 2. The zero-order valence-corrected chi connectivity index (χ0v) is 10.4. The van der Waals surface area contributed by atoms with E-state index in [0.29, 0.717) is 22.1 Å². The van der Waals surface area contributed by atoms with E-state index in [2.05, 4.69) is 15.4 Å². The fourth-order valence-electron chi connectivity index (χ4n) is 1.53. The number of nitrogens with one attached hydrogen (secondary N) is 1. The van der Waals surface area contributed by atoms with Crippen molar-refractivity contribution in [1.29, 1.82) is 0 Å². The fraction of sp³-hybridized carbons (Fsp3) is 0.0833. The molecule has 0 fully saturated rings. The molecule has 92 valence electrons. The molecular formula is C12H11ClN4O. The third kappa shape index (κ3) is 2.47. The van der Waals surface area contributed by atoms with E-state index < -0.39 is 5.91 Å². The molecule has 5 nitrogen and oxygen atoms in total. The van der Waals surface area contributed by atoms with Crippen molar-refractivity contribution in [2.45, 2.75) is 6.92 Å². The number of halogens is 1. The lowest BCUT2D eigenvalue weighted by Crippen LogP contribution is -2.31. The number of aryl methyl sites for hydroxylation is 1. The first-order valence-corrected chi connectivity index (χ1v) is 5.60. The van der Waals surface area contributed by atoms with Crippen LogP contribution >= 0.6 is 11.6 Å². The summed E-state index contributed by atoms with van der Waals surface area (Å²) in [6, 6.07) is 7.20. The molecule has 2 rings (SSSR count). The van der Waals surface area contributed by atoms with Crippen molar-refractivity contribution in [2.24, 2.45) is 5.84 Å². The molecule has 6 heteroatoms. The lowest BCUT2D eigenvalue weighted by molar-refractivity contribution is 0.0952. The van der Waals surface area contributed by atoms with E-state index in [0.717, 1.165) is 5.56 Å². The Morgan fingerprint density at radius 3 is 2.83 bits per heavy atom. The highest BCUT2D eigenvalue weighted by molar-refractivity contribution is 6.30. The summed E-state index contributed by atoms with van der Waals surface area (Å²) in [5.74, 6) is 5.17. The number of carbonyl (C=O) groups is 1. The summed E-state index contributed by atoms with van der Waals surface area (Å²) >= 11 is 5.90. The summed E-state index contributed by atoms with van der Waals surface area (Å²) in [6.07, 6.45) is 1.45. The normalized spacial score (nSPS) is 10.2. The van der Waals surface area contributed by atoms with Crippen molar-refractivity contribution >= 4 is 17.5 Å². The summed E-state index contributed by atoms with van der Waals surface area (Å²) in [7, 11) is 0. The molecule has 0 atom stereocenters. The maximum absolute atomic E-state index is 11.4. The fourth-order valence-corrected chi connectivity index (χ4v) is 1.72. The first-order chi connectivity index (χ1) is 8.61. The molecule has 0 radical (unpaired) electrons. The van der Waals surface area contributed by atoms with E-state index in [1.807, 2.05) is 12.1 Å². The topological polar surface area (TPSA) is 80.9 Å². The van der Waals surface area contributed by atoms with E-state index in [9.17, 15) is 4.79 Å². The first kappa shape index (κ1) is 12.5. The summed E-state index contributed by atoms with van der Waals surface area (Å²) in [6.45, 7) is 1.72. The monoisotopic (exact) mass is 262 g/mol. The van der Waals surface area contributed by atoms with Gasteiger partial charge in [-0.3, -0.25) is 10.2 Å². The van der Waals surface area contributed by atoms with Crippen molar-refractivity contribution < 1.29 is 4.79 Å². The van der Waals surface area contributed by atoms with Crippen LogP contribution < -0.4 is 11.3 Å². The second kappa shape index (κ2) is 5.12. The Kier molecular flexibility index (Phi) is 3.55. The minimum absolute atomic E-state index is 0.350. The summed E-state index contributed by atoms with van der Waals surface area (Å²) < 4.78 is 0.